The van der Waals surface area contributed by atoms with Gasteiger partial charge in [-0.2, -0.15) is 4.98 Å². The molecule has 4 aromatic rings. The van der Waals surface area contributed by atoms with Gasteiger partial charge in [-0.25, -0.2) is 9.97 Å². The summed E-state index contributed by atoms with van der Waals surface area (Å²) in [5.41, 5.74) is 4.63. The lowest BCUT2D eigenvalue weighted by Gasteiger charge is -2.29. The van der Waals surface area contributed by atoms with Crippen LogP contribution in [-0.2, 0) is 14.3 Å². The summed E-state index contributed by atoms with van der Waals surface area (Å²) in [4.78, 5) is 67.1. The minimum atomic E-state index is -0.241. The number of rotatable bonds is 7. The van der Waals surface area contributed by atoms with Gasteiger partial charge >= 0.3 is 0 Å². The largest absolute Gasteiger partial charge is 0.378 e. The number of fused-ring (bicyclic) bond motifs is 1. The van der Waals surface area contributed by atoms with E-state index >= 15 is 0 Å². The molecule has 6 heterocycles. The van der Waals surface area contributed by atoms with Crippen molar-refractivity contribution >= 4 is 46.1 Å². The molecule has 1 aliphatic carbocycles. The molecule has 13 heteroatoms. The predicted molar refractivity (Wildman–Crippen MR) is 219 cm³/mol. The number of benzene rings is 1. The van der Waals surface area contributed by atoms with Crippen LogP contribution in [0.3, 0.4) is 0 Å². The third kappa shape index (κ3) is 9.33. The maximum absolute atomic E-state index is 13.4. The van der Waals surface area contributed by atoms with Crippen LogP contribution >= 0.6 is 0 Å². The monoisotopic (exact) mass is 764 g/mol. The fraction of sp³-hybridized carbons (Fsp3) is 0.512. The number of imide groups is 1. The molecule has 56 heavy (non-hydrogen) atoms. The number of hydrogen-bond acceptors (Lipinski definition) is 11. The molecule has 8 rings (SSSR count). The number of pyridine rings is 2. The third-order valence-corrected chi connectivity index (χ3v) is 11.4. The van der Waals surface area contributed by atoms with E-state index < -0.39 is 0 Å². The second kappa shape index (κ2) is 18.8. The Labute approximate surface area is 329 Å². The highest BCUT2D eigenvalue weighted by molar-refractivity contribution is 6.01. The quantitative estimate of drug-likeness (QED) is 0.158. The molecule has 1 aromatic carbocycles. The maximum Gasteiger partial charge on any atom is 0.263 e. The lowest BCUT2D eigenvalue weighted by Crippen LogP contribution is -2.39. The molecule has 4 aliphatic rings. The Balaban J connectivity index is 0.000000205. The number of nitrogens with zero attached hydrogens (tertiary/aromatic N) is 6. The summed E-state index contributed by atoms with van der Waals surface area (Å²) in [6.07, 6.45) is 11.0. The summed E-state index contributed by atoms with van der Waals surface area (Å²) in [6, 6.07) is 12.2. The minimum Gasteiger partial charge on any atom is -0.378 e. The number of carbonyl (C=O) groups is 3. The highest BCUT2D eigenvalue weighted by Gasteiger charge is 2.29. The first-order chi connectivity index (χ1) is 27.2. The van der Waals surface area contributed by atoms with Crippen LogP contribution in [-0.4, -0.2) is 88.5 Å². The molecule has 1 saturated carbocycles. The highest BCUT2D eigenvalue weighted by atomic mass is 16.5. The van der Waals surface area contributed by atoms with Gasteiger partial charge < -0.3 is 19.9 Å². The van der Waals surface area contributed by atoms with E-state index in [0.717, 1.165) is 94.6 Å². The highest BCUT2D eigenvalue weighted by Crippen LogP contribution is 2.33. The Bertz CT molecular complexity index is 2050. The van der Waals surface area contributed by atoms with Crippen molar-refractivity contribution in [1.82, 2.24) is 29.7 Å². The Hall–Kier alpha value is -5.01. The second-order valence-electron chi connectivity index (χ2n) is 15.0. The molecule has 3 aliphatic heterocycles. The normalized spacial score (nSPS) is 19.4. The first-order valence-corrected chi connectivity index (χ1v) is 20.3. The molecule has 4 fully saturated rings. The standard InChI is InChI=1S/C26H32N6O2.C15H18N2O3.C2H6/c1-16-21-15-28-26(29-22-9-8-19(14-27-22)18-10-12-31(3)13-11-18)30-24(21)32(20-6-4-5-7-20)25(34)23(16)17(2)33;18-14-6-5-13(15(19)16-14)11-1-3-12(4-2-11)17-7-9-20-10-8-17;1-2/h8-9,14-15,18,20H,4-7,10-13H2,1-3H3,(H,27,28,29,30);1-4,13H,5-10H2,(H,16,18,19);1-2H3. The zero-order valence-electron chi connectivity index (χ0n) is 33.5. The molecule has 0 radical (unpaired) electrons. The minimum absolute atomic E-state index is 0.0587. The van der Waals surface area contributed by atoms with Gasteiger partial charge in [0.25, 0.3) is 5.56 Å². The number of likely N-dealkylation sites (tertiary alicyclic amines) is 1. The van der Waals surface area contributed by atoms with Gasteiger partial charge in [0.05, 0.1) is 24.7 Å². The van der Waals surface area contributed by atoms with Crippen molar-refractivity contribution in [2.24, 2.45) is 0 Å². The summed E-state index contributed by atoms with van der Waals surface area (Å²) < 4.78 is 7.07. The van der Waals surface area contributed by atoms with Gasteiger partial charge in [-0.1, -0.05) is 44.9 Å². The van der Waals surface area contributed by atoms with E-state index in [9.17, 15) is 19.2 Å². The number of piperidine rings is 2. The van der Waals surface area contributed by atoms with E-state index in [1.54, 1.807) is 17.7 Å². The zero-order chi connectivity index (χ0) is 39.8. The Morgan fingerprint density at radius 2 is 1.54 bits per heavy atom. The van der Waals surface area contributed by atoms with Crippen LogP contribution in [0.15, 0.2) is 53.6 Å². The summed E-state index contributed by atoms with van der Waals surface area (Å²) in [6.45, 7) is 12.8. The van der Waals surface area contributed by atoms with Crippen LogP contribution in [0, 0.1) is 6.92 Å². The molecular weight excluding hydrogens is 709 g/mol. The SMILES string of the molecule is CC.CC(=O)c1c(C)c2cnc(Nc3ccc(C4CCN(C)CC4)cn3)nc2n(C2CCCC2)c1=O.O=C1CCC(c2ccc(N3CCOCC3)cc2)C(=O)N1. The molecule has 0 spiro atoms. The van der Waals surface area contributed by atoms with Crippen molar-refractivity contribution in [3.05, 3.63) is 81.4 Å². The number of ketones is 1. The van der Waals surface area contributed by atoms with Crippen LogP contribution in [0.1, 0.15) is 117 Å². The van der Waals surface area contributed by atoms with Gasteiger partial charge in [-0.3, -0.25) is 29.1 Å². The number of amides is 2. The average molecular weight is 765 g/mol. The van der Waals surface area contributed by atoms with Gasteiger partial charge in [0.1, 0.15) is 11.5 Å². The molecule has 298 valence electrons. The average Bonchev–Trinajstić information content (AvgIpc) is 3.75. The summed E-state index contributed by atoms with van der Waals surface area (Å²) in [7, 11) is 2.17. The van der Waals surface area contributed by atoms with E-state index in [-0.39, 0.29) is 40.7 Å². The van der Waals surface area contributed by atoms with Crippen molar-refractivity contribution < 1.29 is 19.1 Å². The Kier molecular flexibility index (Phi) is 13.6. The van der Waals surface area contributed by atoms with Crippen molar-refractivity contribution in [1.29, 1.82) is 0 Å². The van der Waals surface area contributed by atoms with Crippen molar-refractivity contribution in [3.8, 4) is 0 Å². The fourth-order valence-corrected chi connectivity index (χ4v) is 8.24. The number of aryl methyl sites for hydroxylation is 1. The number of ether oxygens (including phenoxy) is 1. The molecule has 3 aromatic heterocycles. The van der Waals surface area contributed by atoms with Crippen LogP contribution in [0.4, 0.5) is 17.5 Å². The van der Waals surface area contributed by atoms with Gasteiger partial charge in [0.15, 0.2) is 5.78 Å². The molecule has 2 amide bonds. The number of morpholine rings is 1. The van der Waals surface area contributed by atoms with Crippen LogP contribution in [0.25, 0.3) is 11.0 Å². The number of aromatic nitrogens is 4. The molecule has 1 atom stereocenters. The van der Waals surface area contributed by atoms with Crippen molar-refractivity contribution in [2.45, 2.75) is 96.9 Å². The van der Waals surface area contributed by atoms with Crippen molar-refractivity contribution in [2.75, 3.05) is 56.7 Å². The molecule has 1 unspecified atom stereocenters. The zero-order valence-corrected chi connectivity index (χ0v) is 33.5. The molecular formula is C43H56N8O5. The number of anilines is 3. The van der Waals surface area contributed by atoms with Gasteiger partial charge in [-0.15, -0.1) is 0 Å². The number of nitrogens with one attached hydrogen (secondary N) is 2. The van der Waals surface area contributed by atoms with Gasteiger partial charge in [-0.05, 0) is 107 Å². The number of hydrogen-bond donors (Lipinski definition) is 2. The fourth-order valence-electron chi connectivity index (χ4n) is 8.24. The van der Waals surface area contributed by atoms with E-state index in [1.165, 1.54) is 12.5 Å². The van der Waals surface area contributed by atoms with E-state index in [2.05, 4.69) is 43.5 Å². The summed E-state index contributed by atoms with van der Waals surface area (Å²) in [5, 5.41) is 6.35. The van der Waals surface area contributed by atoms with Crippen molar-refractivity contribution in [3.63, 3.8) is 0 Å². The molecule has 2 N–H and O–H groups in total. The molecule has 0 bridgehead atoms. The number of Topliss-reactive ketones (excluding diaryl/α,β-unsaturated/α-hetero) is 1. The van der Waals surface area contributed by atoms with E-state index in [4.69, 9.17) is 9.72 Å². The molecule has 13 nitrogen and oxygen atoms in total. The predicted octanol–water partition coefficient (Wildman–Crippen LogP) is 6.44. The smallest absolute Gasteiger partial charge is 0.263 e. The topological polar surface area (TPSA) is 152 Å². The number of carbonyl (C=O) groups excluding carboxylic acids is 3. The Morgan fingerprint density at radius 3 is 2.16 bits per heavy atom. The summed E-state index contributed by atoms with van der Waals surface area (Å²) in [5.74, 6) is 0.847. The second-order valence-corrected chi connectivity index (χ2v) is 15.0. The lowest BCUT2D eigenvalue weighted by atomic mass is 9.90. The first kappa shape index (κ1) is 40.6. The van der Waals surface area contributed by atoms with E-state index in [1.807, 2.05) is 50.4 Å². The van der Waals surface area contributed by atoms with Gasteiger partial charge in [0.2, 0.25) is 17.8 Å². The summed E-state index contributed by atoms with van der Waals surface area (Å²) >= 11 is 0. The van der Waals surface area contributed by atoms with Crippen LogP contribution in [0.5, 0.6) is 0 Å². The van der Waals surface area contributed by atoms with Crippen LogP contribution < -0.4 is 21.1 Å². The van der Waals surface area contributed by atoms with Crippen LogP contribution in [0.2, 0.25) is 0 Å². The molecule has 3 saturated heterocycles. The maximum atomic E-state index is 13.4. The van der Waals surface area contributed by atoms with Gasteiger partial charge in [0, 0.05) is 49.0 Å². The third-order valence-electron chi connectivity index (χ3n) is 11.4. The van der Waals surface area contributed by atoms with E-state index in [0.29, 0.717) is 41.7 Å². The Morgan fingerprint density at radius 1 is 0.857 bits per heavy atom. The lowest BCUT2D eigenvalue weighted by molar-refractivity contribution is -0.134. The first-order valence-electron chi connectivity index (χ1n) is 20.3.